The Balaban J connectivity index is 0.000000381. The van der Waals surface area contributed by atoms with E-state index in [1.165, 1.54) is 13.0 Å². The SMILES string of the molecule is C/C(N)=C/C(=O)O.CC(c1ccccc1C(F)(F)F)N1CCNCC1. The van der Waals surface area contributed by atoms with Crippen molar-refractivity contribution in [2.75, 3.05) is 26.2 Å². The summed E-state index contributed by atoms with van der Waals surface area (Å²) in [5.74, 6) is -1.000. The van der Waals surface area contributed by atoms with Crippen LogP contribution in [0, 0.1) is 0 Å². The third kappa shape index (κ3) is 7.15. The summed E-state index contributed by atoms with van der Waals surface area (Å²) in [4.78, 5) is 11.7. The van der Waals surface area contributed by atoms with Crippen LogP contribution in [-0.2, 0) is 11.0 Å². The van der Waals surface area contributed by atoms with Crippen LogP contribution in [0.5, 0.6) is 0 Å². The fraction of sp³-hybridized carbons (Fsp3) is 0.471. The highest BCUT2D eigenvalue weighted by Crippen LogP contribution is 2.36. The van der Waals surface area contributed by atoms with Crippen LogP contribution >= 0.6 is 0 Å². The van der Waals surface area contributed by atoms with E-state index in [4.69, 9.17) is 10.8 Å². The van der Waals surface area contributed by atoms with E-state index in [0.29, 0.717) is 11.3 Å². The van der Waals surface area contributed by atoms with Gasteiger partial charge in [0.15, 0.2) is 0 Å². The molecule has 140 valence electrons. The van der Waals surface area contributed by atoms with Crippen molar-refractivity contribution in [1.29, 1.82) is 0 Å². The van der Waals surface area contributed by atoms with Gasteiger partial charge in [-0.1, -0.05) is 18.2 Å². The van der Waals surface area contributed by atoms with Gasteiger partial charge in [0.05, 0.1) is 5.56 Å². The van der Waals surface area contributed by atoms with E-state index in [2.05, 4.69) is 10.2 Å². The van der Waals surface area contributed by atoms with Gasteiger partial charge < -0.3 is 16.2 Å². The molecule has 0 saturated carbocycles. The maximum absolute atomic E-state index is 12.9. The second-order valence-electron chi connectivity index (χ2n) is 5.77. The summed E-state index contributed by atoms with van der Waals surface area (Å²) in [5.41, 5.74) is 5.14. The number of carboxylic acids is 1. The van der Waals surface area contributed by atoms with Crippen molar-refractivity contribution in [2.24, 2.45) is 5.73 Å². The first-order valence-corrected chi connectivity index (χ1v) is 7.90. The number of carbonyl (C=O) groups is 1. The Labute approximate surface area is 145 Å². The van der Waals surface area contributed by atoms with Crippen molar-refractivity contribution < 1.29 is 23.1 Å². The number of allylic oxidation sites excluding steroid dienone is 1. The number of aliphatic carboxylic acids is 1. The van der Waals surface area contributed by atoms with Gasteiger partial charge in [-0.05, 0) is 25.5 Å². The summed E-state index contributed by atoms with van der Waals surface area (Å²) in [5, 5.41) is 11.1. The zero-order valence-electron chi connectivity index (χ0n) is 14.3. The number of rotatable bonds is 3. The average molecular weight is 359 g/mol. The number of benzene rings is 1. The van der Waals surface area contributed by atoms with Crippen LogP contribution in [0.2, 0.25) is 0 Å². The van der Waals surface area contributed by atoms with E-state index >= 15 is 0 Å². The van der Waals surface area contributed by atoms with Crippen LogP contribution in [-0.4, -0.2) is 42.2 Å². The highest BCUT2D eigenvalue weighted by molar-refractivity contribution is 5.80. The number of hydrogen-bond donors (Lipinski definition) is 3. The lowest BCUT2D eigenvalue weighted by Gasteiger charge is -2.34. The van der Waals surface area contributed by atoms with Gasteiger partial charge in [0, 0.05) is 44.0 Å². The Bertz CT molecular complexity index is 593. The third-order valence-corrected chi connectivity index (χ3v) is 3.77. The van der Waals surface area contributed by atoms with Crippen molar-refractivity contribution in [3.8, 4) is 0 Å². The molecule has 0 aliphatic carbocycles. The normalized spacial score (nSPS) is 17.4. The van der Waals surface area contributed by atoms with Crippen LogP contribution in [0.1, 0.15) is 31.0 Å². The minimum absolute atomic E-state index is 0.204. The van der Waals surface area contributed by atoms with Gasteiger partial charge in [-0.3, -0.25) is 4.90 Å². The molecule has 1 aliphatic rings. The minimum atomic E-state index is -4.28. The first-order chi connectivity index (χ1) is 11.6. The molecule has 0 radical (unpaired) electrons. The predicted octanol–water partition coefficient (Wildman–Crippen LogP) is 2.61. The molecule has 1 aromatic carbocycles. The molecule has 0 aromatic heterocycles. The van der Waals surface area contributed by atoms with E-state index in [1.54, 1.807) is 12.1 Å². The number of piperazine rings is 1. The summed E-state index contributed by atoms with van der Waals surface area (Å²) < 4.78 is 38.8. The number of nitrogens with one attached hydrogen (secondary N) is 1. The van der Waals surface area contributed by atoms with Crippen LogP contribution < -0.4 is 11.1 Å². The zero-order valence-corrected chi connectivity index (χ0v) is 14.3. The maximum atomic E-state index is 12.9. The first kappa shape index (κ1) is 21.0. The highest BCUT2D eigenvalue weighted by Gasteiger charge is 2.35. The van der Waals surface area contributed by atoms with Gasteiger partial charge in [0.1, 0.15) is 0 Å². The second kappa shape index (κ2) is 9.43. The average Bonchev–Trinajstić information content (AvgIpc) is 2.53. The van der Waals surface area contributed by atoms with Crippen LogP contribution in [0.15, 0.2) is 36.0 Å². The fourth-order valence-corrected chi connectivity index (χ4v) is 2.58. The standard InChI is InChI=1S/C13H17F3N2.C4H7NO2/c1-10(18-8-6-17-7-9-18)11-4-2-3-5-12(11)13(14,15)16;1-3(5)2-4(6)7/h2-5,10,17H,6-9H2,1H3;2H,5H2,1H3,(H,6,7)/b;3-2-. The molecule has 1 unspecified atom stereocenters. The maximum Gasteiger partial charge on any atom is 0.416 e. The zero-order chi connectivity index (χ0) is 19.0. The summed E-state index contributed by atoms with van der Waals surface area (Å²) >= 11 is 0. The van der Waals surface area contributed by atoms with Crippen molar-refractivity contribution in [2.45, 2.75) is 26.1 Å². The number of nitrogens with two attached hydrogens (primary N) is 1. The molecule has 4 N–H and O–H groups in total. The minimum Gasteiger partial charge on any atom is -0.478 e. The monoisotopic (exact) mass is 359 g/mol. The Morgan fingerprint density at radius 2 is 1.88 bits per heavy atom. The van der Waals surface area contributed by atoms with E-state index in [1.807, 2.05) is 6.92 Å². The van der Waals surface area contributed by atoms with Gasteiger partial charge in [0.2, 0.25) is 0 Å². The third-order valence-electron chi connectivity index (χ3n) is 3.77. The fourth-order valence-electron chi connectivity index (χ4n) is 2.58. The second-order valence-corrected chi connectivity index (χ2v) is 5.77. The van der Waals surface area contributed by atoms with Crippen LogP contribution in [0.25, 0.3) is 0 Å². The Morgan fingerprint density at radius 3 is 2.32 bits per heavy atom. The largest absolute Gasteiger partial charge is 0.478 e. The Morgan fingerprint density at radius 1 is 1.32 bits per heavy atom. The lowest BCUT2D eigenvalue weighted by molar-refractivity contribution is -0.138. The molecule has 8 heteroatoms. The molecule has 1 saturated heterocycles. The van der Waals surface area contributed by atoms with Gasteiger partial charge in [-0.2, -0.15) is 13.2 Å². The molecule has 2 rings (SSSR count). The molecule has 5 nitrogen and oxygen atoms in total. The van der Waals surface area contributed by atoms with Crippen molar-refractivity contribution in [1.82, 2.24) is 10.2 Å². The quantitative estimate of drug-likeness (QED) is 0.723. The van der Waals surface area contributed by atoms with Crippen LogP contribution in [0.4, 0.5) is 13.2 Å². The molecular formula is C17H24F3N3O2. The van der Waals surface area contributed by atoms with Crippen molar-refractivity contribution in [3.63, 3.8) is 0 Å². The van der Waals surface area contributed by atoms with Crippen LogP contribution in [0.3, 0.4) is 0 Å². The topological polar surface area (TPSA) is 78.6 Å². The Kier molecular flexibility index (Phi) is 7.92. The van der Waals surface area contributed by atoms with Crippen molar-refractivity contribution in [3.05, 3.63) is 47.2 Å². The first-order valence-electron chi connectivity index (χ1n) is 7.90. The van der Waals surface area contributed by atoms with Gasteiger partial charge >= 0.3 is 12.1 Å². The number of hydrogen-bond acceptors (Lipinski definition) is 4. The predicted molar refractivity (Wildman–Crippen MR) is 89.9 cm³/mol. The molecular weight excluding hydrogens is 335 g/mol. The molecule has 1 aromatic rings. The molecule has 0 bridgehead atoms. The number of carboxylic acid groups (broad SMARTS) is 1. The summed E-state index contributed by atoms with van der Waals surface area (Å²) in [6.07, 6.45) is -3.33. The number of nitrogens with zero attached hydrogens (tertiary/aromatic N) is 1. The van der Waals surface area contributed by atoms with Gasteiger partial charge in [-0.15, -0.1) is 0 Å². The molecule has 1 aliphatic heterocycles. The molecule has 0 spiro atoms. The lowest BCUT2D eigenvalue weighted by Crippen LogP contribution is -2.44. The summed E-state index contributed by atoms with van der Waals surface area (Å²) in [6, 6.07) is 5.65. The van der Waals surface area contributed by atoms with E-state index < -0.39 is 17.7 Å². The summed E-state index contributed by atoms with van der Waals surface area (Å²) in [6.45, 7) is 6.60. The molecule has 1 atom stereocenters. The van der Waals surface area contributed by atoms with Gasteiger partial charge in [-0.25, -0.2) is 4.79 Å². The molecule has 1 fully saturated rings. The number of halogens is 3. The Hall–Kier alpha value is -2.06. The molecule has 1 heterocycles. The van der Waals surface area contributed by atoms with Crippen molar-refractivity contribution >= 4 is 5.97 Å². The van der Waals surface area contributed by atoms with E-state index in [-0.39, 0.29) is 6.04 Å². The molecule has 25 heavy (non-hydrogen) atoms. The lowest BCUT2D eigenvalue weighted by atomic mass is 9.99. The van der Waals surface area contributed by atoms with E-state index in [9.17, 15) is 18.0 Å². The van der Waals surface area contributed by atoms with E-state index in [0.717, 1.165) is 38.3 Å². The smallest absolute Gasteiger partial charge is 0.416 e. The summed E-state index contributed by atoms with van der Waals surface area (Å²) in [7, 11) is 0. The highest BCUT2D eigenvalue weighted by atomic mass is 19.4. The molecule has 0 amide bonds. The number of alkyl halides is 3. The van der Waals surface area contributed by atoms with Gasteiger partial charge in [0.25, 0.3) is 0 Å².